The summed E-state index contributed by atoms with van der Waals surface area (Å²) < 4.78 is 7.95. The van der Waals surface area contributed by atoms with Crippen LogP contribution in [0.25, 0.3) is 16.5 Å². The van der Waals surface area contributed by atoms with Crippen molar-refractivity contribution in [2.24, 2.45) is 0 Å². The van der Waals surface area contributed by atoms with Crippen LogP contribution in [0.5, 0.6) is 0 Å². The zero-order chi connectivity index (χ0) is 16.5. The van der Waals surface area contributed by atoms with Crippen molar-refractivity contribution in [3.05, 3.63) is 69.2 Å². The van der Waals surface area contributed by atoms with Crippen molar-refractivity contribution in [3.63, 3.8) is 0 Å². The van der Waals surface area contributed by atoms with Crippen molar-refractivity contribution in [2.75, 3.05) is 0 Å². The molecule has 0 atom stereocenters. The Morgan fingerprint density at radius 1 is 1.21 bits per heavy atom. The molecule has 3 heterocycles. The Kier molecular flexibility index (Phi) is 3.75. The lowest BCUT2D eigenvalue weighted by Gasteiger charge is -1.95. The van der Waals surface area contributed by atoms with Crippen molar-refractivity contribution in [1.29, 1.82) is 0 Å². The minimum absolute atomic E-state index is 0.175. The summed E-state index contributed by atoms with van der Waals surface area (Å²) in [4.78, 5) is 16.7. The normalized spacial score (nSPS) is 11.0. The molecule has 0 radical (unpaired) electrons. The molecule has 120 valence electrons. The van der Waals surface area contributed by atoms with E-state index in [2.05, 4.69) is 15.4 Å². The molecular weight excluding hydrogens is 350 g/mol. The first-order valence-corrected chi connectivity index (χ1v) is 8.23. The van der Waals surface area contributed by atoms with Crippen molar-refractivity contribution in [1.82, 2.24) is 24.8 Å². The molecule has 0 spiro atoms. The second kappa shape index (κ2) is 6.06. The predicted molar refractivity (Wildman–Crippen MR) is 89.5 cm³/mol. The third-order valence-corrected chi connectivity index (χ3v) is 4.37. The van der Waals surface area contributed by atoms with E-state index >= 15 is 0 Å². The smallest absolute Gasteiger partial charge is 0.369 e. The number of thiophene rings is 1. The molecule has 24 heavy (non-hydrogen) atoms. The van der Waals surface area contributed by atoms with Crippen molar-refractivity contribution in [3.8, 4) is 16.5 Å². The fraction of sp³-hybridized carbons (Fsp3) is 0.0667. The van der Waals surface area contributed by atoms with Gasteiger partial charge in [-0.1, -0.05) is 17.7 Å². The van der Waals surface area contributed by atoms with E-state index in [1.807, 2.05) is 23.6 Å². The minimum Gasteiger partial charge on any atom is -0.444 e. The zero-order valence-electron chi connectivity index (χ0n) is 12.2. The Labute approximate surface area is 144 Å². The Bertz CT molecular complexity index is 1030. The maximum Gasteiger partial charge on any atom is 0.369 e. The molecule has 9 heteroatoms. The van der Waals surface area contributed by atoms with E-state index in [0.717, 1.165) is 5.56 Å². The van der Waals surface area contributed by atoms with Crippen LogP contribution in [-0.4, -0.2) is 24.8 Å². The number of rotatable bonds is 4. The molecule has 3 aromatic heterocycles. The molecular formula is C15H10ClN5O2S. The molecule has 0 fully saturated rings. The number of hydrogen-bond acceptors (Lipinski definition) is 6. The number of oxazole rings is 1. The third kappa shape index (κ3) is 2.77. The van der Waals surface area contributed by atoms with Crippen LogP contribution in [0, 0.1) is 0 Å². The highest BCUT2D eigenvalue weighted by atomic mass is 35.5. The van der Waals surface area contributed by atoms with E-state index in [4.69, 9.17) is 16.0 Å². The number of hydrogen-bond donors (Lipinski definition) is 0. The van der Waals surface area contributed by atoms with Gasteiger partial charge in [0.05, 0.1) is 6.54 Å². The Hall–Kier alpha value is -2.71. The highest BCUT2D eigenvalue weighted by Gasteiger charge is 2.13. The Balaban J connectivity index is 1.60. The van der Waals surface area contributed by atoms with Gasteiger partial charge in [-0.3, -0.25) is 0 Å². The van der Waals surface area contributed by atoms with Crippen molar-refractivity contribution < 1.29 is 4.42 Å². The number of halogens is 1. The van der Waals surface area contributed by atoms with Gasteiger partial charge in [0.1, 0.15) is 17.0 Å². The highest BCUT2D eigenvalue weighted by molar-refractivity contribution is 7.12. The highest BCUT2D eigenvalue weighted by Crippen LogP contribution is 2.22. The van der Waals surface area contributed by atoms with Crippen LogP contribution in [-0.2, 0) is 6.54 Å². The molecule has 0 aliphatic rings. The van der Waals surface area contributed by atoms with Gasteiger partial charge < -0.3 is 4.42 Å². The molecule has 0 unspecified atom stereocenters. The number of benzene rings is 1. The van der Waals surface area contributed by atoms with Gasteiger partial charge in [-0.25, -0.2) is 9.78 Å². The van der Waals surface area contributed by atoms with Crippen LogP contribution in [0.2, 0.25) is 5.02 Å². The lowest BCUT2D eigenvalue weighted by molar-refractivity contribution is 0.567. The average molecular weight is 360 g/mol. The number of nitrogens with zero attached hydrogens (tertiary/aromatic N) is 5. The van der Waals surface area contributed by atoms with Gasteiger partial charge >= 0.3 is 5.69 Å². The molecule has 1 aromatic carbocycles. The first-order valence-electron chi connectivity index (χ1n) is 6.98. The summed E-state index contributed by atoms with van der Waals surface area (Å²) in [6.45, 7) is 0.175. The van der Waals surface area contributed by atoms with Gasteiger partial charge in [-0.15, -0.1) is 11.3 Å². The van der Waals surface area contributed by atoms with Gasteiger partial charge in [-0.05, 0) is 46.1 Å². The minimum atomic E-state index is -0.329. The summed E-state index contributed by atoms with van der Waals surface area (Å²) in [5.74, 6) is 0.436. The summed E-state index contributed by atoms with van der Waals surface area (Å²) in [5.41, 5.74) is 1.01. The maximum atomic E-state index is 12.3. The summed E-state index contributed by atoms with van der Waals surface area (Å²) in [6.07, 6.45) is 1.49. The van der Waals surface area contributed by atoms with Crippen LogP contribution in [0.3, 0.4) is 0 Å². The van der Waals surface area contributed by atoms with Crippen LogP contribution in [0.4, 0.5) is 0 Å². The topological polar surface area (TPSA) is 78.7 Å². The molecule has 7 nitrogen and oxygen atoms in total. The molecule has 0 aliphatic heterocycles. The van der Waals surface area contributed by atoms with Gasteiger partial charge in [0.2, 0.25) is 5.89 Å². The van der Waals surface area contributed by atoms with E-state index < -0.39 is 0 Å². The van der Waals surface area contributed by atoms with E-state index in [9.17, 15) is 4.79 Å². The van der Waals surface area contributed by atoms with Crippen molar-refractivity contribution in [2.45, 2.75) is 6.54 Å². The van der Waals surface area contributed by atoms with E-state index in [1.165, 1.54) is 27.0 Å². The van der Waals surface area contributed by atoms with Gasteiger partial charge in [0.25, 0.3) is 0 Å². The fourth-order valence-electron chi connectivity index (χ4n) is 2.19. The summed E-state index contributed by atoms with van der Waals surface area (Å²) >= 11 is 7.38. The van der Waals surface area contributed by atoms with Crippen molar-refractivity contribution >= 4 is 22.9 Å². The number of aromatic nitrogens is 5. The van der Waals surface area contributed by atoms with Gasteiger partial charge in [-0.2, -0.15) is 9.36 Å². The molecule has 0 amide bonds. The zero-order valence-corrected chi connectivity index (χ0v) is 13.7. The summed E-state index contributed by atoms with van der Waals surface area (Å²) in [7, 11) is 0. The predicted octanol–water partition coefficient (Wildman–Crippen LogP) is 2.85. The van der Waals surface area contributed by atoms with E-state index in [0.29, 0.717) is 21.6 Å². The van der Waals surface area contributed by atoms with Crippen LogP contribution in [0.15, 0.2) is 57.3 Å². The Morgan fingerprint density at radius 3 is 2.92 bits per heavy atom. The van der Waals surface area contributed by atoms with Gasteiger partial charge in [0.15, 0.2) is 0 Å². The molecule has 0 saturated carbocycles. The molecule has 4 rings (SSSR count). The molecule has 0 N–H and O–H groups in total. The lowest BCUT2D eigenvalue weighted by Crippen LogP contribution is -2.24. The second-order valence-electron chi connectivity index (χ2n) is 4.94. The first kappa shape index (κ1) is 14.9. The van der Waals surface area contributed by atoms with E-state index in [-0.39, 0.29) is 12.2 Å². The largest absolute Gasteiger partial charge is 0.444 e. The lowest BCUT2D eigenvalue weighted by atomic mass is 10.2. The fourth-order valence-corrected chi connectivity index (χ4v) is 3.05. The molecule has 0 bridgehead atoms. The second-order valence-corrected chi connectivity index (χ2v) is 6.30. The third-order valence-electron chi connectivity index (χ3n) is 3.29. The Morgan fingerprint density at radius 2 is 2.12 bits per heavy atom. The standard InChI is InChI=1S/C15H10ClN5O2S/c16-11-4-1-3-10(7-11)14-17-12(9-23-14)8-20-15(22)21(19-18-20)13-5-2-6-24-13/h1-7,9H,8H2. The van der Waals surface area contributed by atoms with Gasteiger partial charge in [0, 0.05) is 10.6 Å². The summed E-state index contributed by atoms with van der Waals surface area (Å²) in [5, 5.41) is 11.0. The summed E-state index contributed by atoms with van der Waals surface area (Å²) in [6, 6.07) is 10.9. The molecule has 4 aromatic rings. The van der Waals surface area contributed by atoms with Crippen LogP contribution < -0.4 is 5.69 Å². The molecule has 0 aliphatic carbocycles. The van der Waals surface area contributed by atoms with Crippen LogP contribution in [0.1, 0.15) is 5.69 Å². The van der Waals surface area contributed by atoms with E-state index in [1.54, 1.807) is 18.2 Å². The average Bonchev–Trinajstić information content (AvgIpc) is 3.30. The molecule has 0 saturated heterocycles. The number of tetrazole rings is 1. The quantitative estimate of drug-likeness (QED) is 0.560. The maximum absolute atomic E-state index is 12.3. The van der Waals surface area contributed by atoms with Crippen LogP contribution >= 0.6 is 22.9 Å². The monoisotopic (exact) mass is 359 g/mol. The SMILES string of the molecule is O=c1n(Cc2coc(-c3cccc(Cl)c3)n2)nnn1-c1cccs1. The first-order chi connectivity index (χ1) is 11.7.